The number of fused-ring (bicyclic) bond motifs is 1. The van der Waals surface area contributed by atoms with Crippen LogP contribution in [0.25, 0.3) is 10.2 Å². The molecule has 0 saturated carbocycles. The molecule has 4 rings (SSSR count). The second-order valence-electron chi connectivity index (χ2n) is 5.90. The van der Waals surface area contributed by atoms with Crippen LogP contribution < -0.4 is 9.64 Å². The predicted molar refractivity (Wildman–Crippen MR) is 104 cm³/mol. The average Bonchev–Trinajstić information content (AvgIpc) is 3.31. The molecule has 3 aromatic heterocycles. The van der Waals surface area contributed by atoms with Crippen LogP contribution in [0, 0.1) is 0 Å². The Kier molecular flexibility index (Phi) is 4.55. The van der Waals surface area contributed by atoms with E-state index in [1.807, 2.05) is 36.4 Å². The molecule has 1 aromatic carbocycles. The molecule has 0 N–H and O–H groups in total. The molecule has 0 aliphatic rings. The number of pyridine rings is 1. The van der Waals surface area contributed by atoms with Crippen LogP contribution in [0.15, 0.2) is 55.0 Å². The van der Waals surface area contributed by atoms with Crippen LogP contribution >= 0.6 is 11.3 Å². The molecule has 1 amide bonds. The van der Waals surface area contributed by atoms with E-state index in [0.29, 0.717) is 17.5 Å². The summed E-state index contributed by atoms with van der Waals surface area (Å²) in [6.07, 6.45) is 5.06. The summed E-state index contributed by atoms with van der Waals surface area (Å²) >= 11 is 1.43. The highest BCUT2D eigenvalue weighted by atomic mass is 32.1. The quantitative estimate of drug-likeness (QED) is 0.532. The molecular formula is C19H17N5O2S. The van der Waals surface area contributed by atoms with E-state index in [0.717, 1.165) is 21.7 Å². The van der Waals surface area contributed by atoms with Crippen molar-refractivity contribution in [1.82, 2.24) is 19.5 Å². The van der Waals surface area contributed by atoms with Crippen molar-refractivity contribution >= 4 is 32.6 Å². The number of methoxy groups -OCH3 is 1. The monoisotopic (exact) mass is 379 g/mol. The van der Waals surface area contributed by atoms with Crippen molar-refractivity contribution in [3.8, 4) is 5.75 Å². The number of benzene rings is 1. The topological polar surface area (TPSA) is 73.1 Å². The van der Waals surface area contributed by atoms with Gasteiger partial charge in [-0.15, -0.1) is 0 Å². The van der Waals surface area contributed by atoms with Crippen LogP contribution in [0.3, 0.4) is 0 Å². The van der Waals surface area contributed by atoms with E-state index in [1.165, 1.54) is 11.3 Å². The Morgan fingerprint density at radius 1 is 1.22 bits per heavy atom. The lowest BCUT2D eigenvalue weighted by Crippen LogP contribution is -2.32. The number of carbonyl (C=O) groups is 1. The van der Waals surface area contributed by atoms with Gasteiger partial charge in [-0.1, -0.05) is 17.4 Å². The van der Waals surface area contributed by atoms with Gasteiger partial charge in [-0.2, -0.15) is 0 Å². The smallest absolute Gasteiger partial charge is 0.296 e. The van der Waals surface area contributed by atoms with E-state index in [2.05, 4.69) is 15.0 Å². The molecule has 0 spiro atoms. The molecule has 8 heteroatoms. The minimum atomic E-state index is -0.223. The van der Waals surface area contributed by atoms with Gasteiger partial charge in [-0.05, 0) is 30.3 Å². The summed E-state index contributed by atoms with van der Waals surface area (Å²) < 4.78 is 7.93. The second-order valence-corrected chi connectivity index (χ2v) is 6.91. The molecule has 0 unspecified atom stereocenters. The van der Waals surface area contributed by atoms with E-state index in [1.54, 1.807) is 42.2 Å². The maximum atomic E-state index is 13.2. The second kappa shape index (κ2) is 7.16. The minimum Gasteiger partial charge on any atom is -0.497 e. The zero-order valence-electron chi connectivity index (χ0n) is 14.9. The number of hydrogen-bond donors (Lipinski definition) is 0. The molecule has 7 nitrogen and oxygen atoms in total. The van der Waals surface area contributed by atoms with Crippen molar-refractivity contribution in [1.29, 1.82) is 0 Å². The lowest BCUT2D eigenvalue weighted by atomic mass is 10.3. The van der Waals surface area contributed by atoms with E-state index in [-0.39, 0.29) is 5.91 Å². The van der Waals surface area contributed by atoms with Gasteiger partial charge in [0.25, 0.3) is 5.91 Å². The van der Waals surface area contributed by atoms with Crippen molar-refractivity contribution in [2.75, 3.05) is 12.0 Å². The fraction of sp³-hybridized carbons (Fsp3) is 0.158. The van der Waals surface area contributed by atoms with Crippen LogP contribution in [0.4, 0.5) is 5.13 Å². The number of anilines is 1. The van der Waals surface area contributed by atoms with Crippen molar-refractivity contribution in [2.45, 2.75) is 6.54 Å². The maximum Gasteiger partial charge on any atom is 0.296 e. The molecule has 4 aromatic rings. The third-order valence-electron chi connectivity index (χ3n) is 4.12. The fourth-order valence-corrected chi connectivity index (χ4v) is 3.70. The van der Waals surface area contributed by atoms with Gasteiger partial charge in [0.15, 0.2) is 11.0 Å². The van der Waals surface area contributed by atoms with Crippen LogP contribution in [-0.2, 0) is 13.6 Å². The molecule has 0 radical (unpaired) electrons. The molecule has 0 saturated heterocycles. The predicted octanol–water partition coefficient (Wildman–Crippen LogP) is 3.28. The number of hydrogen-bond acceptors (Lipinski definition) is 6. The summed E-state index contributed by atoms with van der Waals surface area (Å²) in [6.45, 7) is 0.309. The van der Waals surface area contributed by atoms with Gasteiger partial charge in [0.2, 0.25) is 0 Å². The first-order valence-corrected chi connectivity index (χ1v) is 9.11. The molecule has 0 atom stereocenters. The van der Waals surface area contributed by atoms with Crippen LogP contribution in [0.5, 0.6) is 5.75 Å². The first-order valence-electron chi connectivity index (χ1n) is 8.29. The third kappa shape index (κ3) is 3.39. The van der Waals surface area contributed by atoms with E-state index in [4.69, 9.17) is 4.74 Å². The number of amides is 1. The SMILES string of the molecule is COc1ccc2nc(N(Cc3ccccn3)C(=O)c3nccn3C)sc2c1. The molecule has 0 bridgehead atoms. The fourth-order valence-electron chi connectivity index (χ4n) is 2.71. The molecule has 27 heavy (non-hydrogen) atoms. The molecule has 0 aliphatic heterocycles. The summed E-state index contributed by atoms with van der Waals surface area (Å²) in [5, 5.41) is 0.594. The van der Waals surface area contributed by atoms with Crippen LogP contribution in [0.2, 0.25) is 0 Å². The van der Waals surface area contributed by atoms with Gasteiger partial charge in [0, 0.05) is 25.6 Å². The van der Waals surface area contributed by atoms with Crippen molar-refractivity contribution in [3.63, 3.8) is 0 Å². The van der Waals surface area contributed by atoms with Gasteiger partial charge in [0.1, 0.15) is 5.75 Å². The summed E-state index contributed by atoms with van der Waals surface area (Å²) in [7, 11) is 3.42. The number of ether oxygens (including phenoxy) is 1. The molecule has 3 heterocycles. The van der Waals surface area contributed by atoms with Gasteiger partial charge >= 0.3 is 0 Å². The number of nitrogens with zero attached hydrogens (tertiary/aromatic N) is 5. The van der Waals surface area contributed by atoms with Crippen LogP contribution in [-0.4, -0.2) is 32.5 Å². The van der Waals surface area contributed by atoms with Gasteiger partial charge in [-0.25, -0.2) is 9.97 Å². The van der Waals surface area contributed by atoms with Gasteiger partial charge in [-0.3, -0.25) is 14.7 Å². The normalized spacial score (nSPS) is 10.9. The molecular weight excluding hydrogens is 362 g/mol. The number of aromatic nitrogens is 4. The van der Waals surface area contributed by atoms with E-state index in [9.17, 15) is 4.79 Å². The Bertz CT molecular complexity index is 1090. The summed E-state index contributed by atoms with van der Waals surface area (Å²) in [5.74, 6) is 0.881. The summed E-state index contributed by atoms with van der Waals surface area (Å²) in [4.78, 5) is 28.0. The zero-order valence-corrected chi connectivity index (χ0v) is 15.7. The Hall–Kier alpha value is -3.26. The highest BCUT2D eigenvalue weighted by Gasteiger charge is 2.25. The lowest BCUT2D eigenvalue weighted by Gasteiger charge is -2.19. The first-order chi connectivity index (χ1) is 13.2. The highest BCUT2D eigenvalue weighted by molar-refractivity contribution is 7.22. The van der Waals surface area contributed by atoms with Gasteiger partial charge in [0.05, 0.1) is 29.6 Å². The average molecular weight is 379 g/mol. The molecule has 0 aliphatic carbocycles. The number of carbonyl (C=O) groups excluding carboxylic acids is 1. The summed E-state index contributed by atoms with van der Waals surface area (Å²) in [5.41, 5.74) is 1.59. The van der Waals surface area contributed by atoms with E-state index >= 15 is 0 Å². The standard InChI is InChI=1S/C19H17N5O2S/c1-23-10-9-21-17(23)18(25)24(12-13-5-3-4-8-20-13)19-22-15-7-6-14(26-2)11-16(15)27-19/h3-11H,12H2,1-2H3. The van der Waals surface area contributed by atoms with Crippen molar-refractivity contribution in [2.24, 2.45) is 7.05 Å². The Balaban J connectivity index is 1.77. The van der Waals surface area contributed by atoms with Crippen molar-refractivity contribution in [3.05, 3.63) is 66.5 Å². The van der Waals surface area contributed by atoms with E-state index < -0.39 is 0 Å². The number of aryl methyl sites for hydroxylation is 1. The zero-order chi connectivity index (χ0) is 18.8. The Morgan fingerprint density at radius 2 is 2.11 bits per heavy atom. The van der Waals surface area contributed by atoms with Crippen molar-refractivity contribution < 1.29 is 9.53 Å². The number of imidazole rings is 1. The van der Waals surface area contributed by atoms with Crippen LogP contribution in [0.1, 0.15) is 16.3 Å². The number of thiazole rings is 1. The minimum absolute atomic E-state index is 0.223. The highest BCUT2D eigenvalue weighted by Crippen LogP contribution is 2.32. The Labute approximate surface area is 159 Å². The first kappa shape index (κ1) is 17.2. The molecule has 0 fully saturated rings. The summed E-state index contributed by atoms with van der Waals surface area (Å²) in [6, 6.07) is 11.3. The third-order valence-corrected chi connectivity index (χ3v) is 5.16. The Morgan fingerprint density at radius 3 is 2.81 bits per heavy atom. The largest absolute Gasteiger partial charge is 0.497 e. The number of rotatable bonds is 5. The van der Waals surface area contributed by atoms with Gasteiger partial charge < -0.3 is 9.30 Å². The maximum absolute atomic E-state index is 13.2. The molecule has 136 valence electrons. The lowest BCUT2D eigenvalue weighted by molar-refractivity contribution is 0.0972.